The lowest BCUT2D eigenvalue weighted by Gasteiger charge is -2.21. The summed E-state index contributed by atoms with van der Waals surface area (Å²) in [5.41, 5.74) is 5.23. The summed E-state index contributed by atoms with van der Waals surface area (Å²) in [6.07, 6.45) is 0.212. The summed E-state index contributed by atoms with van der Waals surface area (Å²) in [5, 5.41) is 2.63. The molecule has 1 fully saturated rings. The van der Waals surface area contributed by atoms with Crippen molar-refractivity contribution in [2.24, 2.45) is 17.6 Å². The first-order valence-corrected chi connectivity index (χ1v) is 6.24. The van der Waals surface area contributed by atoms with Gasteiger partial charge in [0, 0.05) is 19.5 Å². The number of carbonyl (C=O) groups is 3. The average Bonchev–Trinajstić information content (AvgIpc) is 2.66. The number of hydrogen-bond donors (Lipinski definition) is 2. The van der Waals surface area contributed by atoms with Crippen molar-refractivity contribution in [2.75, 3.05) is 13.1 Å². The molecule has 1 aliphatic rings. The molecule has 1 heterocycles. The van der Waals surface area contributed by atoms with E-state index in [1.165, 1.54) is 0 Å². The molecule has 102 valence electrons. The third kappa shape index (κ3) is 3.21. The van der Waals surface area contributed by atoms with Crippen LogP contribution in [0.2, 0.25) is 0 Å². The molecule has 0 aliphatic carbocycles. The normalized spacial score (nSPS) is 21.2. The Balaban J connectivity index is 2.61. The minimum absolute atomic E-state index is 0.0159. The Morgan fingerprint density at radius 1 is 1.50 bits per heavy atom. The second-order valence-corrected chi connectivity index (χ2v) is 4.97. The highest BCUT2D eigenvalue weighted by molar-refractivity contribution is 5.92. The first-order chi connectivity index (χ1) is 8.36. The van der Waals surface area contributed by atoms with Crippen LogP contribution in [0.15, 0.2) is 0 Å². The molecular weight excluding hydrogens is 234 g/mol. The first-order valence-electron chi connectivity index (χ1n) is 6.24. The smallest absolute Gasteiger partial charge is 0.240 e. The largest absolute Gasteiger partial charge is 0.368 e. The van der Waals surface area contributed by atoms with Gasteiger partial charge in [-0.3, -0.25) is 14.4 Å². The summed E-state index contributed by atoms with van der Waals surface area (Å²) < 4.78 is 0. The fourth-order valence-corrected chi connectivity index (χ4v) is 2.09. The lowest BCUT2D eigenvalue weighted by atomic mass is 10.0. The molecule has 1 aliphatic heterocycles. The maximum absolute atomic E-state index is 12.0. The van der Waals surface area contributed by atoms with Gasteiger partial charge in [0.2, 0.25) is 17.7 Å². The van der Waals surface area contributed by atoms with Crippen LogP contribution in [-0.4, -0.2) is 41.8 Å². The van der Waals surface area contributed by atoms with E-state index in [9.17, 15) is 14.4 Å². The summed E-state index contributed by atoms with van der Waals surface area (Å²) in [4.78, 5) is 36.3. The van der Waals surface area contributed by atoms with Crippen LogP contribution in [0.5, 0.6) is 0 Å². The van der Waals surface area contributed by atoms with E-state index in [-0.39, 0.29) is 30.1 Å². The zero-order valence-corrected chi connectivity index (χ0v) is 11.1. The van der Waals surface area contributed by atoms with Crippen molar-refractivity contribution in [1.82, 2.24) is 10.2 Å². The van der Waals surface area contributed by atoms with Crippen LogP contribution in [0.25, 0.3) is 0 Å². The Morgan fingerprint density at radius 2 is 2.11 bits per heavy atom. The molecule has 3 N–H and O–H groups in total. The molecule has 2 atom stereocenters. The zero-order chi connectivity index (χ0) is 13.9. The van der Waals surface area contributed by atoms with E-state index in [0.29, 0.717) is 13.1 Å². The van der Waals surface area contributed by atoms with Crippen LogP contribution in [0.4, 0.5) is 0 Å². The van der Waals surface area contributed by atoms with Crippen molar-refractivity contribution in [3.63, 3.8) is 0 Å². The summed E-state index contributed by atoms with van der Waals surface area (Å²) in [7, 11) is 0. The Labute approximate surface area is 107 Å². The van der Waals surface area contributed by atoms with Gasteiger partial charge in [-0.2, -0.15) is 0 Å². The quantitative estimate of drug-likeness (QED) is 0.692. The summed E-state index contributed by atoms with van der Waals surface area (Å²) in [5.74, 6) is -1.27. The third-order valence-electron chi connectivity index (χ3n) is 3.24. The molecule has 3 amide bonds. The van der Waals surface area contributed by atoms with E-state index >= 15 is 0 Å². The molecular formula is C12H21N3O3. The Morgan fingerprint density at radius 3 is 2.50 bits per heavy atom. The van der Waals surface area contributed by atoms with Gasteiger partial charge in [-0.1, -0.05) is 13.8 Å². The molecule has 18 heavy (non-hydrogen) atoms. The van der Waals surface area contributed by atoms with Gasteiger partial charge in [0.15, 0.2) is 0 Å². The standard InChI is InChI=1S/C12H21N3O3/c1-4-15-6-8(5-9(15)16)12(18)14-10(7(2)3)11(13)17/h7-8,10H,4-6H2,1-3H3,(H2,13,17)(H,14,18)/t8-,10-/m0/s1. The topological polar surface area (TPSA) is 92.5 Å². The van der Waals surface area contributed by atoms with Crippen LogP contribution in [0, 0.1) is 11.8 Å². The predicted octanol–water partition coefficient (Wildman–Crippen LogP) is -0.519. The van der Waals surface area contributed by atoms with Crippen molar-refractivity contribution in [2.45, 2.75) is 33.2 Å². The fourth-order valence-electron chi connectivity index (χ4n) is 2.09. The molecule has 6 nitrogen and oxygen atoms in total. The first kappa shape index (κ1) is 14.5. The Bertz CT molecular complexity index is 354. The van der Waals surface area contributed by atoms with Crippen molar-refractivity contribution in [1.29, 1.82) is 0 Å². The number of hydrogen-bond acceptors (Lipinski definition) is 3. The number of likely N-dealkylation sites (tertiary alicyclic amines) is 1. The number of nitrogens with two attached hydrogens (primary N) is 1. The van der Waals surface area contributed by atoms with E-state index < -0.39 is 11.9 Å². The molecule has 0 aromatic carbocycles. The summed E-state index contributed by atoms with van der Waals surface area (Å²) >= 11 is 0. The minimum Gasteiger partial charge on any atom is -0.368 e. The predicted molar refractivity (Wildman–Crippen MR) is 66.3 cm³/mol. The number of nitrogens with one attached hydrogen (secondary N) is 1. The number of rotatable bonds is 5. The molecule has 1 rings (SSSR count). The maximum atomic E-state index is 12.0. The molecule has 0 saturated carbocycles. The molecule has 1 saturated heterocycles. The number of carbonyl (C=O) groups excluding carboxylic acids is 3. The van der Waals surface area contributed by atoms with Gasteiger partial charge >= 0.3 is 0 Å². The monoisotopic (exact) mass is 255 g/mol. The average molecular weight is 255 g/mol. The van der Waals surface area contributed by atoms with Gasteiger partial charge in [-0.05, 0) is 12.8 Å². The molecule has 0 aromatic rings. The van der Waals surface area contributed by atoms with Crippen LogP contribution < -0.4 is 11.1 Å². The van der Waals surface area contributed by atoms with E-state index in [1.54, 1.807) is 4.90 Å². The highest BCUT2D eigenvalue weighted by Crippen LogP contribution is 2.18. The van der Waals surface area contributed by atoms with E-state index in [1.807, 2.05) is 20.8 Å². The maximum Gasteiger partial charge on any atom is 0.240 e. The van der Waals surface area contributed by atoms with Gasteiger partial charge in [-0.15, -0.1) is 0 Å². The van der Waals surface area contributed by atoms with E-state index in [2.05, 4.69) is 5.32 Å². The highest BCUT2D eigenvalue weighted by atomic mass is 16.2. The lowest BCUT2D eigenvalue weighted by molar-refractivity contribution is -0.131. The van der Waals surface area contributed by atoms with Gasteiger partial charge in [0.25, 0.3) is 0 Å². The second kappa shape index (κ2) is 5.84. The van der Waals surface area contributed by atoms with Gasteiger partial charge in [-0.25, -0.2) is 0 Å². The number of nitrogens with zero attached hydrogens (tertiary/aromatic N) is 1. The third-order valence-corrected chi connectivity index (χ3v) is 3.24. The number of primary amides is 1. The number of amides is 3. The fraction of sp³-hybridized carbons (Fsp3) is 0.750. The Kier molecular flexibility index (Phi) is 4.69. The molecule has 0 bridgehead atoms. The van der Waals surface area contributed by atoms with Crippen LogP contribution in [-0.2, 0) is 14.4 Å². The van der Waals surface area contributed by atoms with E-state index in [4.69, 9.17) is 5.73 Å². The molecule has 0 unspecified atom stereocenters. The second-order valence-electron chi connectivity index (χ2n) is 4.97. The van der Waals surface area contributed by atoms with Gasteiger partial charge in [0.05, 0.1) is 5.92 Å². The van der Waals surface area contributed by atoms with Crippen LogP contribution in [0.1, 0.15) is 27.2 Å². The minimum atomic E-state index is -0.678. The molecule has 0 radical (unpaired) electrons. The van der Waals surface area contributed by atoms with Crippen molar-refractivity contribution in [3.05, 3.63) is 0 Å². The summed E-state index contributed by atoms with van der Waals surface area (Å²) in [6.45, 7) is 6.52. The van der Waals surface area contributed by atoms with Crippen LogP contribution in [0.3, 0.4) is 0 Å². The highest BCUT2D eigenvalue weighted by Gasteiger charge is 2.35. The van der Waals surface area contributed by atoms with Crippen LogP contribution >= 0.6 is 0 Å². The van der Waals surface area contributed by atoms with Crippen molar-refractivity contribution >= 4 is 17.7 Å². The molecule has 0 aromatic heterocycles. The molecule has 6 heteroatoms. The van der Waals surface area contributed by atoms with Crippen molar-refractivity contribution in [3.8, 4) is 0 Å². The van der Waals surface area contributed by atoms with Gasteiger partial charge in [0.1, 0.15) is 6.04 Å². The van der Waals surface area contributed by atoms with Gasteiger partial charge < -0.3 is 16.0 Å². The van der Waals surface area contributed by atoms with E-state index in [0.717, 1.165) is 0 Å². The SMILES string of the molecule is CCN1C[C@@H](C(=O)N[C@H](C(N)=O)C(C)C)CC1=O. The Hall–Kier alpha value is -1.59. The zero-order valence-electron chi connectivity index (χ0n) is 11.1. The van der Waals surface area contributed by atoms with Crippen molar-refractivity contribution < 1.29 is 14.4 Å². The lowest BCUT2D eigenvalue weighted by Crippen LogP contribution is -2.49. The summed E-state index contributed by atoms with van der Waals surface area (Å²) in [6, 6.07) is -0.678. The molecule has 0 spiro atoms.